The van der Waals surface area contributed by atoms with Gasteiger partial charge in [-0.25, -0.2) is 4.98 Å². The highest BCUT2D eigenvalue weighted by atomic mass is 16.5. The molecule has 0 fully saturated rings. The summed E-state index contributed by atoms with van der Waals surface area (Å²) in [6.07, 6.45) is 5.77. The molecule has 1 aliphatic rings. The lowest BCUT2D eigenvalue weighted by molar-refractivity contribution is 0.154. The number of imidazole rings is 1. The fourth-order valence-corrected chi connectivity index (χ4v) is 3.44. The van der Waals surface area contributed by atoms with E-state index in [-0.39, 0.29) is 6.04 Å². The van der Waals surface area contributed by atoms with Crippen molar-refractivity contribution in [3.8, 4) is 0 Å². The molecule has 0 saturated heterocycles. The SMILES string of the molecule is Cc1noc(C)c1CN1CCn2c(Cn3cccn3)cnc2[C@H]1C. The molecule has 126 valence electrons. The molecule has 3 aromatic heterocycles. The standard InChI is InChI=1S/C17H22N6O/c1-12-16(14(3)24-20-12)11-21-7-8-23-15(9-18-17(23)13(21)2)10-22-6-4-5-19-22/h4-6,9,13H,7-8,10-11H2,1-3H3/t13-/m1/s1. The van der Waals surface area contributed by atoms with Crippen LogP contribution in [-0.4, -0.2) is 35.9 Å². The number of hydrogen-bond donors (Lipinski definition) is 0. The second kappa shape index (κ2) is 5.90. The van der Waals surface area contributed by atoms with Gasteiger partial charge in [0.25, 0.3) is 0 Å². The Labute approximate surface area is 140 Å². The van der Waals surface area contributed by atoms with Crippen LogP contribution in [0.3, 0.4) is 0 Å². The number of hydrogen-bond acceptors (Lipinski definition) is 5. The Balaban J connectivity index is 1.55. The number of rotatable bonds is 4. The second-order valence-corrected chi connectivity index (χ2v) is 6.41. The van der Waals surface area contributed by atoms with Crippen LogP contribution in [0.4, 0.5) is 0 Å². The monoisotopic (exact) mass is 326 g/mol. The molecule has 24 heavy (non-hydrogen) atoms. The van der Waals surface area contributed by atoms with Crippen LogP contribution in [0.1, 0.15) is 41.5 Å². The molecule has 1 aliphatic heterocycles. The molecule has 0 aromatic carbocycles. The number of aryl methyl sites for hydroxylation is 2. The minimum atomic E-state index is 0.263. The highest BCUT2D eigenvalue weighted by molar-refractivity contribution is 5.21. The summed E-state index contributed by atoms with van der Waals surface area (Å²) in [6, 6.07) is 2.21. The molecule has 0 unspecified atom stereocenters. The largest absolute Gasteiger partial charge is 0.361 e. The van der Waals surface area contributed by atoms with Gasteiger partial charge in [-0.2, -0.15) is 5.10 Å². The van der Waals surface area contributed by atoms with Gasteiger partial charge in [-0.3, -0.25) is 9.58 Å². The first-order valence-corrected chi connectivity index (χ1v) is 8.31. The van der Waals surface area contributed by atoms with Crippen molar-refractivity contribution in [3.05, 3.63) is 53.2 Å². The predicted octanol–water partition coefficient (Wildman–Crippen LogP) is 2.31. The van der Waals surface area contributed by atoms with E-state index in [2.05, 4.69) is 31.6 Å². The van der Waals surface area contributed by atoms with E-state index in [4.69, 9.17) is 4.52 Å². The predicted molar refractivity (Wildman–Crippen MR) is 88.4 cm³/mol. The molecule has 7 nitrogen and oxygen atoms in total. The van der Waals surface area contributed by atoms with Gasteiger partial charge in [0.1, 0.15) is 11.6 Å². The Morgan fingerprint density at radius 1 is 1.25 bits per heavy atom. The van der Waals surface area contributed by atoms with Crippen molar-refractivity contribution in [2.75, 3.05) is 6.54 Å². The number of aromatic nitrogens is 5. The summed E-state index contributed by atoms with van der Waals surface area (Å²) < 4.78 is 9.56. The van der Waals surface area contributed by atoms with Crippen LogP contribution >= 0.6 is 0 Å². The van der Waals surface area contributed by atoms with E-state index < -0.39 is 0 Å². The van der Waals surface area contributed by atoms with E-state index in [9.17, 15) is 0 Å². The Kier molecular flexibility index (Phi) is 3.72. The first-order chi connectivity index (χ1) is 11.6. The van der Waals surface area contributed by atoms with Crippen molar-refractivity contribution < 1.29 is 4.52 Å². The molecule has 0 aliphatic carbocycles. The molecular weight excluding hydrogens is 304 g/mol. The lowest BCUT2D eigenvalue weighted by atomic mass is 10.1. The van der Waals surface area contributed by atoms with E-state index in [1.54, 1.807) is 0 Å². The third-order valence-electron chi connectivity index (χ3n) is 4.93. The first kappa shape index (κ1) is 15.1. The first-order valence-electron chi connectivity index (χ1n) is 8.31. The maximum absolute atomic E-state index is 5.30. The summed E-state index contributed by atoms with van der Waals surface area (Å²) in [4.78, 5) is 7.12. The smallest absolute Gasteiger partial charge is 0.138 e. The zero-order chi connectivity index (χ0) is 16.7. The second-order valence-electron chi connectivity index (χ2n) is 6.41. The molecule has 4 rings (SSSR count). The van der Waals surface area contributed by atoms with Gasteiger partial charge >= 0.3 is 0 Å². The molecule has 0 amide bonds. The highest BCUT2D eigenvalue weighted by Gasteiger charge is 2.28. The van der Waals surface area contributed by atoms with Crippen molar-refractivity contribution in [1.82, 2.24) is 29.4 Å². The fourth-order valence-electron chi connectivity index (χ4n) is 3.44. The minimum absolute atomic E-state index is 0.263. The van der Waals surface area contributed by atoms with E-state index in [0.717, 1.165) is 43.5 Å². The van der Waals surface area contributed by atoms with Gasteiger partial charge < -0.3 is 9.09 Å². The zero-order valence-corrected chi connectivity index (χ0v) is 14.3. The molecule has 0 bridgehead atoms. The van der Waals surface area contributed by atoms with Crippen LogP contribution in [0.25, 0.3) is 0 Å². The number of fused-ring (bicyclic) bond motifs is 1. The zero-order valence-electron chi connectivity index (χ0n) is 14.3. The molecule has 0 N–H and O–H groups in total. The lowest BCUT2D eigenvalue weighted by Crippen LogP contribution is -2.37. The molecule has 0 radical (unpaired) electrons. The van der Waals surface area contributed by atoms with Gasteiger partial charge in [0.05, 0.1) is 30.2 Å². The average molecular weight is 326 g/mol. The van der Waals surface area contributed by atoms with Crippen LogP contribution in [-0.2, 0) is 19.6 Å². The average Bonchev–Trinajstić information content (AvgIpc) is 3.28. The summed E-state index contributed by atoms with van der Waals surface area (Å²) in [5.41, 5.74) is 3.38. The van der Waals surface area contributed by atoms with Gasteiger partial charge in [-0.15, -0.1) is 0 Å². The topological polar surface area (TPSA) is 64.9 Å². The van der Waals surface area contributed by atoms with Crippen molar-refractivity contribution >= 4 is 0 Å². The number of nitrogens with zero attached hydrogens (tertiary/aromatic N) is 6. The fraction of sp³-hybridized carbons (Fsp3) is 0.471. The Hall–Kier alpha value is -2.41. The maximum atomic E-state index is 5.30. The van der Waals surface area contributed by atoms with Crippen LogP contribution in [0.2, 0.25) is 0 Å². The molecule has 3 aromatic rings. The van der Waals surface area contributed by atoms with E-state index in [1.807, 2.05) is 43.2 Å². The van der Waals surface area contributed by atoms with Crippen molar-refractivity contribution in [3.63, 3.8) is 0 Å². The summed E-state index contributed by atoms with van der Waals surface area (Å²) in [7, 11) is 0. The quantitative estimate of drug-likeness (QED) is 0.736. The summed E-state index contributed by atoms with van der Waals surface area (Å²) in [5.74, 6) is 2.03. The summed E-state index contributed by atoms with van der Waals surface area (Å²) >= 11 is 0. The van der Waals surface area contributed by atoms with Crippen molar-refractivity contribution in [2.45, 2.75) is 46.4 Å². The Morgan fingerprint density at radius 2 is 2.12 bits per heavy atom. The maximum Gasteiger partial charge on any atom is 0.138 e. The lowest BCUT2D eigenvalue weighted by Gasteiger charge is -2.34. The van der Waals surface area contributed by atoms with Crippen molar-refractivity contribution in [1.29, 1.82) is 0 Å². The van der Waals surface area contributed by atoms with Crippen LogP contribution in [0.5, 0.6) is 0 Å². The third kappa shape index (κ3) is 2.54. The Morgan fingerprint density at radius 3 is 2.83 bits per heavy atom. The molecule has 7 heteroatoms. The van der Waals surface area contributed by atoms with Gasteiger partial charge in [0, 0.05) is 37.6 Å². The highest BCUT2D eigenvalue weighted by Crippen LogP contribution is 2.28. The van der Waals surface area contributed by atoms with Crippen LogP contribution in [0.15, 0.2) is 29.2 Å². The summed E-state index contributed by atoms with van der Waals surface area (Å²) in [5, 5.41) is 8.36. The molecule has 0 spiro atoms. The van der Waals surface area contributed by atoms with Gasteiger partial charge in [-0.05, 0) is 26.8 Å². The summed E-state index contributed by atoms with van der Waals surface area (Å²) in [6.45, 7) is 9.74. The van der Waals surface area contributed by atoms with Gasteiger partial charge in [0.2, 0.25) is 0 Å². The molecular formula is C17H22N6O. The van der Waals surface area contributed by atoms with E-state index in [0.29, 0.717) is 0 Å². The van der Waals surface area contributed by atoms with Crippen LogP contribution < -0.4 is 0 Å². The normalized spacial score (nSPS) is 18.0. The Bertz CT molecular complexity index is 812. The molecule has 1 atom stereocenters. The van der Waals surface area contributed by atoms with Gasteiger partial charge in [0.15, 0.2) is 0 Å². The molecule has 4 heterocycles. The third-order valence-corrected chi connectivity index (χ3v) is 4.93. The molecule has 0 saturated carbocycles. The van der Waals surface area contributed by atoms with E-state index >= 15 is 0 Å². The van der Waals surface area contributed by atoms with E-state index in [1.165, 1.54) is 11.3 Å². The minimum Gasteiger partial charge on any atom is -0.361 e. The van der Waals surface area contributed by atoms with Gasteiger partial charge in [-0.1, -0.05) is 5.16 Å². The van der Waals surface area contributed by atoms with Crippen LogP contribution in [0, 0.1) is 13.8 Å². The van der Waals surface area contributed by atoms with Crippen molar-refractivity contribution in [2.24, 2.45) is 0 Å².